The summed E-state index contributed by atoms with van der Waals surface area (Å²) in [4.78, 5) is 0. The first-order valence-electron chi connectivity index (χ1n) is 7.30. The first kappa shape index (κ1) is 11.0. The van der Waals surface area contributed by atoms with Gasteiger partial charge >= 0.3 is 0 Å². The fraction of sp³-hybridized carbons (Fsp3) is 0.647. The third-order valence-corrected chi connectivity index (χ3v) is 5.84. The predicted molar refractivity (Wildman–Crippen MR) is 72.2 cm³/mol. The Bertz CT molecular complexity index is 464. The van der Waals surface area contributed by atoms with Crippen molar-refractivity contribution in [3.8, 4) is 0 Å². The predicted octanol–water partition coefficient (Wildman–Crippen LogP) is 4.34. The van der Waals surface area contributed by atoms with Gasteiger partial charge in [-0.15, -0.1) is 0 Å². The van der Waals surface area contributed by atoms with Gasteiger partial charge in [-0.3, -0.25) is 0 Å². The summed E-state index contributed by atoms with van der Waals surface area (Å²) in [5.41, 5.74) is 2.43. The van der Waals surface area contributed by atoms with Crippen LogP contribution in [0.5, 0.6) is 0 Å². The molecule has 96 valence electrons. The van der Waals surface area contributed by atoms with Crippen LogP contribution in [0.2, 0.25) is 0 Å². The third-order valence-electron chi connectivity index (χ3n) is 5.84. The summed E-state index contributed by atoms with van der Waals surface area (Å²) in [5, 5.41) is 0. The summed E-state index contributed by atoms with van der Waals surface area (Å²) in [6, 6.07) is 10.8. The van der Waals surface area contributed by atoms with Crippen molar-refractivity contribution in [2.45, 2.75) is 51.7 Å². The molecule has 3 fully saturated rings. The van der Waals surface area contributed by atoms with Gasteiger partial charge in [0.25, 0.3) is 0 Å². The molecular weight excluding hydrogens is 220 g/mol. The van der Waals surface area contributed by atoms with Crippen LogP contribution in [-0.2, 0) is 4.74 Å². The van der Waals surface area contributed by atoms with Crippen LogP contribution in [0, 0.1) is 16.7 Å². The van der Waals surface area contributed by atoms with E-state index in [1.165, 1.54) is 31.2 Å². The van der Waals surface area contributed by atoms with E-state index in [1.54, 1.807) is 0 Å². The van der Waals surface area contributed by atoms with Gasteiger partial charge < -0.3 is 4.74 Å². The first-order chi connectivity index (χ1) is 8.59. The molecule has 2 aliphatic carbocycles. The molecule has 1 aliphatic heterocycles. The van der Waals surface area contributed by atoms with Gasteiger partial charge in [0.1, 0.15) is 0 Å². The largest absolute Gasteiger partial charge is 0.370 e. The van der Waals surface area contributed by atoms with Gasteiger partial charge in [0, 0.05) is 5.41 Å². The second-order valence-electron chi connectivity index (χ2n) is 7.39. The van der Waals surface area contributed by atoms with Gasteiger partial charge in [-0.05, 0) is 42.6 Å². The molecule has 4 atom stereocenters. The Labute approximate surface area is 110 Å². The van der Waals surface area contributed by atoms with Gasteiger partial charge in [0.05, 0.1) is 12.2 Å². The summed E-state index contributed by atoms with van der Waals surface area (Å²) in [6.45, 7) is 4.91. The second kappa shape index (κ2) is 3.39. The van der Waals surface area contributed by atoms with Crippen molar-refractivity contribution in [1.29, 1.82) is 0 Å². The van der Waals surface area contributed by atoms with Crippen molar-refractivity contribution in [1.82, 2.24) is 0 Å². The molecule has 0 aromatic heterocycles. The maximum Gasteiger partial charge on any atom is 0.0835 e. The zero-order chi connectivity index (χ0) is 12.4. The zero-order valence-corrected chi connectivity index (χ0v) is 11.4. The minimum atomic E-state index is 0.353. The average Bonchev–Trinajstić information content (AvgIpc) is 2.91. The SMILES string of the molecule is CC1(C)C[C@]23CC(c4ccccc4)O[C@H]2C[C@H]1C3. The molecule has 1 heteroatoms. The Balaban J connectivity index is 1.62. The molecule has 3 aliphatic rings. The van der Waals surface area contributed by atoms with Crippen molar-refractivity contribution >= 4 is 0 Å². The Morgan fingerprint density at radius 2 is 1.89 bits per heavy atom. The molecule has 0 N–H and O–H groups in total. The van der Waals surface area contributed by atoms with Crippen molar-refractivity contribution in [3.05, 3.63) is 35.9 Å². The first-order valence-corrected chi connectivity index (χ1v) is 7.30. The van der Waals surface area contributed by atoms with Crippen LogP contribution in [0.4, 0.5) is 0 Å². The van der Waals surface area contributed by atoms with Crippen molar-refractivity contribution in [2.24, 2.45) is 16.7 Å². The van der Waals surface area contributed by atoms with E-state index in [2.05, 4.69) is 44.2 Å². The molecule has 1 aromatic rings. The van der Waals surface area contributed by atoms with Crippen molar-refractivity contribution < 1.29 is 4.74 Å². The fourth-order valence-electron chi connectivity index (χ4n) is 5.01. The fourth-order valence-corrected chi connectivity index (χ4v) is 5.01. The molecule has 4 rings (SSSR count). The normalized spacial score (nSPS) is 44.2. The van der Waals surface area contributed by atoms with E-state index >= 15 is 0 Å². The number of hydrogen-bond acceptors (Lipinski definition) is 1. The molecule has 1 nitrogen and oxygen atoms in total. The maximum absolute atomic E-state index is 6.39. The Morgan fingerprint density at radius 3 is 2.61 bits per heavy atom. The van der Waals surface area contributed by atoms with Crippen LogP contribution in [-0.4, -0.2) is 6.10 Å². The number of benzene rings is 1. The lowest BCUT2D eigenvalue weighted by molar-refractivity contribution is -0.00652. The van der Waals surface area contributed by atoms with Crippen LogP contribution in [0.3, 0.4) is 0 Å². The highest BCUT2D eigenvalue weighted by Crippen LogP contribution is 2.69. The maximum atomic E-state index is 6.39. The summed E-state index contributed by atoms with van der Waals surface area (Å²) >= 11 is 0. The van der Waals surface area contributed by atoms with Crippen molar-refractivity contribution in [3.63, 3.8) is 0 Å². The van der Waals surface area contributed by atoms with Crippen LogP contribution < -0.4 is 0 Å². The number of fused-ring (bicyclic) bond motifs is 1. The lowest BCUT2D eigenvalue weighted by atomic mass is 9.70. The Kier molecular flexibility index (Phi) is 2.08. The van der Waals surface area contributed by atoms with Crippen LogP contribution in [0.25, 0.3) is 0 Å². The second-order valence-corrected chi connectivity index (χ2v) is 7.39. The summed E-state index contributed by atoms with van der Waals surface area (Å²) in [6.07, 6.45) is 6.23. The van der Waals surface area contributed by atoms with Crippen LogP contribution >= 0.6 is 0 Å². The highest BCUT2D eigenvalue weighted by Gasteiger charge is 2.63. The molecule has 1 aromatic carbocycles. The molecule has 2 bridgehead atoms. The van der Waals surface area contributed by atoms with Gasteiger partial charge in [-0.2, -0.15) is 0 Å². The molecule has 0 amide bonds. The molecule has 1 heterocycles. The van der Waals surface area contributed by atoms with E-state index < -0.39 is 0 Å². The number of rotatable bonds is 1. The van der Waals surface area contributed by atoms with Gasteiger partial charge in [0.2, 0.25) is 0 Å². The summed E-state index contributed by atoms with van der Waals surface area (Å²) < 4.78 is 6.39. The minimum absolute atomic E-state index is 0.353. The van der Waals surface area contributed by atoms with Crippen LogP contribution in [0.15, 0.2) is 30.3 Å². The summed E-state index contributed by atoms with van der Waals surface area (Å²) in [7, 11) is 0. The van der Waals surface area contributed by atoms with E-state index in [0.29, 0.717) is 23.0 Å². The third kappa shape index (κ3) is 1.37. The van der Waals surface area contributed by atoms with Gasteiger partial charge in [0.15, 0.2) is 0 Å². The van der Waals surface area contributed by atoms with Gasteiger partial charge in [-0.25, -0.2) is 0 Å². The molecule has 2 saturated carbocycles. The molecule has 1 saturated heterocycles. The Hall–Kier alpha value is -0.820. The average molecular weight is 242 g/mol. The molecule has 0 radical (unpaired) electrons. The minimum Gasteiger partial charge on any atom is -0.370 e. The van der Waals surface area contributed by atoms with E-state index in [4.69, 9.17) is 4.74 Å². The van der Waals surface area contributed by atoms with E-state index in [1.807, 2.05) is 0 Å². The topological polar surface area (TPSA) is 9.23 Å². The highest BCUT2D eigenvalue weighted by atomic mass is 16.5. The van der Waals surface area contributed by atoms with Crippen LogP contribution in [0.1, 0.15) is 51.2 Å². The lowest BCUT2D eigenvalue weighted by Crippen LogP contribution is -2.32. The lowest BCUT2D eigenvalue weighted by Gasteiger charge is -2.36. The Morgan fingerprint density at radius 1 is 1.11 bits per heavy atom. The summed E-state index contributed by atoms with van der Waals surface area (Å²) in [5.74, 6) is 0.902. The van der Waals surface area contributed by atoms with E-state index in [-0.39, 0.29) is 0 Å². The molecule has 18 heavy (non-hydrogen) atoms. The number of ether oxygens (including phenoxy) is 1. The molecular formula is C17H22O. The van der Waals surface area contributed by atoms with E-state index in [0.717, 1.165) is 5.92 Å². The molecule has 1 unspecified atom stereocenters. The standard InChI is InChI=1S/C17H22O/c1-16(2)11-17-9-13(16)8-15(17)18-14(10-17)12-6-4-3-5-7-12/h3-7,13-15H,8-11H2,1-2H3/t13-,14?,15-,17-/m0/s1. The molecule has 1 spiro atoms. The number of hydrogen-bond donors (Lipinski definition) is 0. The smallest absolute Gasteiger partial charge is 0.0835 e. The van der Waals surface area contributed by atoms with Gasteiger partial charge in [-0.1, -0.05) is 44.2 Å². The quantitative estimate of drug-likeness (QED) is 0.711. The highest BCUT2D eigenvalue weighted by molar-refractivity contribution is 5.22. The van der Waals surface area contributed by atoms with E-state index in [9.17, 15) is 0 Å². The monoisotopic (exact) mass is 242 g/mol. The zero-order valence-electron chi connectivity index (χ0n) is 11.4. The van der Waals surface area contributed by atoms with Crippen molar-refractivity contribution in [2.75, 3.05) is 0 Å².